The van der Waals surface area contributed by atoms with E-state index < -0.39 is 11.6 Å². The lowest BCUT2D eigenvalue weighted by molar-refractivity contribution is -0.0322. The topological polar surface area (TPSA) is 61.0 Å². The average molecular weight is 596 g/mol. The van der Waals surface area contributed by atoms with Gasteiger partial charge in [0.05, 0.1) is 31.6 Å². The number of nitrogens with one attached hydrogen (secondary N) is 3. The van der Waals surface area contributed by atoms with Gasteiger partial charge in [-0.1, -0.05) is 31.9 Å². The van der Waals surface area contributed by atoms with Gasteiger partial charge in [-0.3, -0.25) is 5.01 Å². The Morgan fingerprint density at radius 2 is 1.98 bits per heavy atom. The Hall–Kier alpha value is -2.35. The minimum atomic E-state index is -4.43. The summed E-state index contributed by atoms with van der Waals surface area (Å²) in [5, 5.41) is 9.70. The van der Waals surface area contributed by atoms with Gasteiger partial charge in [0.15, 0.2) is 0 Å². The molecule has 1 saturated heterocycles. The van der Waals surface area contributed by atoms with Crippen molar-refractivity contribution in [3.8, 4) is 17.6 Å². The van der Waals surface area contributed by atoms with Gasteiger partial charge in [0.1, 0.15) is 17.6 Å². The highest BCUT2D eigenvalue weighted by Gasteiger charge is 2.40. The first-order chi connectivity index (χ1) is 19.2. The van der Waals surface area contributed by atoms with E-state index in [0.717, 1.165) is 49.7 Å². The van der Waals surface area contributed by atoms with Gasteiger partial charge in [-0.2, -0.15) is 13.2 Å². The van der Waals surface area contributed by atoms with Crippen molar-refractivity contribution in [2.75, 3.05) is 65.7 Å². The molecule has 1 aromatic rings. The number of methoxy groups -OCH3 is 2. The molecule has 7 nitrogen and oxygen atoms in total. The lowest BCUT2D eigenvalue weighted by Crippen LogP contribution is -2.48. The predicted molar refractivity (Wildman–Crippen MR) is 159 cm³/mol. The van der Waals surface area contributed by atoms with Crippen LogP contribution in [0.2, 0.25) is 0 Å². The van der Waals surface area contributed by atoms with Crippen LogP contribution in [0.4, 0.5) is 18.9 Å². The fourth-order valence-electron chi connectivity index (χ4n) is 4.75. The molecule has 0 aliphatic carbocycles. The number of likely N-dealkylation sites (tertiary alicyclic amines) is 1. The molecule has 1 atom stereocenters. The third kappa shape index (κ3) is 8.11. The number of halogens is 3. The van der Waals surface area contributed by atoms with Crippen molar-refractivity contribution in [1.82, 2.24) is 20.7 Å². The Balaban J connectivity index is 1.43. The number of nitrogens with zero attached hydrogens (tertiary/aromatic N) is 2. The maximum absolute atomic E-state index is 13.6. The predicted octanol–water partition coefficient (Wildman–Crippen LogP) is 4.24. The largest absolute Gasteiger partial charge is 0.495 e. The Morgan fingerprint density at radius 1 is 1.20 bits per heavy atom. The number of hydrogen-bond acceptors (Lipinski definition) is 8. The van der Waals surface area contributed by atoms with Crippen LogP contribution in [-0.2, 0) is 4.74 Å². The fourth-order valence-corrected chi connectivity index (χ4v) is 6.24. The van der Waals surface area contributed by atoms with Crippen molar-refractivity contribution >= 4 is 30.7 Å². The number of ether oxygens (including phenoxy) is 2. The second-order valence-electron chi connectivity index (χ2n) is 9.81. The number of thioether (sulfide) groups is 1. The Labute approximate surface area is 240 Å². The van der Waals surface area contributed by atoms with E-state index >= 15 is 0 Å². The zero-order valence-electron chi connectivity index (χ0n) is 23.3. The van der Waals surface area contributed by atoms with E-state index in [1.54, 1.807) is 31.4 Å². The van der Waals surface area contributed by atoms with Gasteiger partial charge < -0.3 is 25.0 Å². The zero-order chi connectivity index (χ0) is 28.7. The number of alkyl halides is 3. The summed E-state index contributed by atoms with van der Waals surface area (Å²) < 4.78 is 51.4. The normalized spacial score (nSPS) is 19.9. The van der Waals surface area contributed by atoms with Crippen LogP contribution in [0.25, 0.3) is 0 Å². The molecule has 3 N–H and O–H groups in total. The van der Waals surface area contributed by atoms with Gasteiger partial charge in [0.2, 0.25) is 0 Å². The van der Waals surface area contributed by atoms with Crippen molar-refractivity contribution in [3.63, 3.8) is 0 Å². The molecule has 4 rings (SSSR count). The fraction of sp³-hybridized carbons (Fsp3) is 0.500. The summed E-state index contributed by atoms with van der Waals surface area (Å²) in [6.07, 6.45) is 7.25. The molecule has 12 heteroatoms. The van der Waals surface area contributed by atoms with Crippen molar-refractivity contribution in [2.45, 2.75) is 30.4 Å². The monoisotopic (exact) mass is 595 g/mol. The number of hydrogen-bond donors (Lipinski definition) is 3. The number of piperidine rings is 1. The minimum Gasteiger partial charge on any atom is -0.495 e. The highest BCUT2D eigenvalue weighted by Crippen LogP contribution is 2.43. The van der Waals surface area contributed by atoms with Gasteiger partial charge >= 0.3 is 5.51 Å². The highest BCUT2D eigenvalue weighted by molar-refractivity contribution is 8.04. The van der Waals surface area contributed by atoms with Gasteiger partial charge in [-0.25, -0.2) is 5.43 Å². The van der Waals surface area contributed by atoms with Gasteiger partial charge in [0.25, 0.3) is 0 Å². The first-order valence-corrected chi connectivity index (χ1v) is 16.2. The third-order valence-electron chi connectivity index (χ3n) is 6.85. The molecule has 40 heavy (non-hydrogen) atoms. The van der Waals surface area contributed by atoms with Crippen LogP contribution in [0, 0.1) is 11.8 Å². The van der Waals surface area contributed by atoms with Crippen molar-refractivity contribution in [3.05, 3.63) is 52.9 Å². The molecule has 3 heterocycles. The summed E-state index contributed by atoms with van der Waals surface area (Å²) in [5.41, 5.74) is 0.0184. The van der Waals surface area contributed by atoms with Gasteiger partial charge in [-0.05, 0) is 67.5 Å². The Kier molecular flexibility index (Phi) is 10.7. The number of benzene rings is 1. The maximum atomic E-state index is 13.6. The maximum Gasteiger partial charge on any atom is 0.446 e. The summed E-state index contributed by atoms with van der Waals surface area (Å²) in [6, 6.07) is 5.46. The molecule has 0 radical (unpaired) electrons. The lowest BCUT2D eigenvalue weighted by Gasteiger charge is -2.35. The van der Waals surface area contributed by atoms with Gasteiger partial charge in [-0.15, -0.1) is 0 Å². The molecule has 3 aliphatic rings. The Bertz CT molecular complexity index is 1190. The van der Waals surface area contributed by atoms with E-state index in [-0.39, 0.29) is 37.2 Å². The molecule has 218 valence electrons. The van der Waals surface area contributed by atoms with Crippen molar-refractivity contribution in [2.24, 2.45) is 0 Å². The summed E-state index contributed by atoms with van der Waals surface area (Å²) in [7, 11) is 3.06. The third-order valence-corrected chi connectivity index (χ3v) is 9.06. The van der Waals surface area contributed by atoms with Crippen LogP contribution >= 0.6 is 19.7 Å². The number of hydrazine groups is 1. The standard InChI is InChI=1S/C28H37F3N5O2PS/c1-37-18-17-35-15-12-20(13-16-35)33-26-9-5-8-24-27(40-28(29,30)31)23(34-36(24)26)7-6-14-32-22-11-10-21(39(3)4)19-25(22)38-2/h5,8-11,19-20,23,32-34H,12-18H2,1-4H3. The first-order valence-electron chi connectivity index (χ1n) is 13.2. The molecular weight excluding hydrogens is 558 g/mol. The van der Waals surface area contributed by atoms with Gasteiger partial charge in [0, 0.05) is 37.7 Å². The molecule has 0 aromatic heterocycles. The molecular formula is C28H37F3N5O2PS. The summed E-state index contributed by atoms with van der Waals surface area (Å²) in [4.78, 5) is 2.50. The minimum absolute atomic E-state index is 0.112. The van der Waals surface area contributed by atoms with E-state index in [9.17, 15) is 13.2 Å². The molecule has 0 amide bonds. The zero-order valence-corrected chi connectivity index (χ0v) is 25.0. The number of allylic oxidation sites excluding steroid dienone is 3. The van der Waals surface area contributed by atoms with Crippen molar-refractivity contribution in [1.29, 1.82) is 0 Å². The summed E-state index contributed by atoms with van der Waals surface area (Å²) in [5.74, 6) is 7.47. The number of rotatable bonds is 10. The van der Waals surface area contributed by atoms with E-state index in [1.165, 1.54) is 5.30 Å². The van der Waals surface area contributed by atoms with E-state index in [0.29, 0.717) is 12.3 Å². The van der Waals surface area contributed by atoms with Crippen LogP contribution in [0.5, 0.6) is 5.75 Å². The molecule has 1 unspecified atom stereocenters. The number of fused-ring (bicyclic) bond motifs is 1. The van der Waals surface area contributed by atoms with Crippen LogP contribution < -0.4 is 26.1 Å². The van der Waals surface area contributed by atoms with E-state index in [4.69, 9.17) is 9.47 Å². The Morgan fingerprint density at radius 3 is 2.65 bits per heavy atom. The molecule has 1 fully saturated rings. The SMILES string of the molecule is COCCN1CCC(NC2=CC=CC3=C(SC(F)(F)F)C(C#CCNc4ccc(P(C)C)cc4OC)NN23)CC1. The molecule has 0 saturated carbocycles. The molecule has 1 aromatic carbocycles. The lowest BCUT2D eigenvalue weighted by atomic mass is 10.0. The second kappa shape index (κ2) is 14.0. The highest BCUT2D eigenvalue weighted by atomic mass is 32.2. The average Bonchev–Trinajstić information content (AvgIpc) is 3.27. The molecule has 0 spiro atoms. The second-order valence-corrected chi connectivity index (χ2v) is 13.2. The van der Waals surface area contributed by atoms with E-state index in [2.05, 4.69) is 52.2 Å². The van der Waals surface area contributed by atoms with Crippen molar-refractivity contribution < 1.29 is 22.6 Å². The van der Waals surface area contributed by atoms with Crippen LogP contribution in [0.15, 0.2) is 52.9 Å². The first kappa shape index (κ1) is 30.6. The quantitative estimate of drug-likeness (QED) is 0.275. The van der Waals surface area contributed by atoms with Crippen LogP contribution in [0.3, 0.4) is 0 Å². The number of anilines is 1. The van der Waals surface area contributed by atoms with E-state index in [1.807, 2.05) is 18.2 Å². The molecule has 0 bridgehead atoms. The smallest absolute Gasteiger partial charge is 0.446 e. The van der Waals surface area contributed by atoms with Crippen LogP contribution in [0.1, 0.15) is 12.8 Å². The van der Waals surface area contributed by atoms with Crippen LogP contribution in [-0.4, -0.2) is 87.8 Å². The molecule has 3 aliphatic heterocycles. The summed E-state index contributed by atoms with van der Waals surface area (Å²) >= 11 is -0.112. The summed E-state index contributed by atoms with van der Waals surface area (Å²) in [6.45, 7) is 8.11.